The molecule has 0 bridgehead atoms. The minimum Gasteiger partial charge on any atom is -0.374 e. The zero-order chi connectivity index (χ0) is 30.3. The number of ether oxygens (including phenoxy) is 1. The van der Waals surface area contributed by atoms with E-state index < -0.39 is 41.8 Å². The normalized spacial score (nSPS) is 12.8. The highest BCUT2D eigenvalue weighted by Gasteiger charge is 2.29. The number of carbonyl (C=O) groups excluding carboxylic acids is 4. The van der Waals surface area contributed by atoms with Crippen LogP contribution >= 0.6 is 11.6 Å². The predicted octanol–water partition coefficient (Wildman–Crippen LogP) is 2.71. The van der Waals surface area contributed by atoms with E-state index >= 15 is 0 Å². The molecule has 10 nitrogen and oxygen atoms in total. The molecule has 0 radical (unpaired) electrons. The lowest BCUT2D eigenvalue weighted by Gasteiger charge is -2.25. The summed E-state index contributed by atoms with van der Waals surface area (Å²) < 4.78 is 5.69. The van der Waals surface area contributed by atoms with Crippen LogP contribution in [-0.4, -0.2) is 53.6 Å². The highest BCUT2D eigenvalue weighted by atomic mass is 35.5. The van der Waals surface area contributed by atoms with Crippen molar-refractivity contribution in [2.24, 2.45) is 0 Å². The van der Waals surface area contributed by atoms with E-state index in [-0.39, 0.29) is 26.1 Å². The van der Waals surface area contributed by atoms with E-state index in [0.717, 1.165) is 11.1 Å². The fourth-order valence-corrected chi connectivity index (χ4v) is 4.47. The van der Waals surface area contributed by atoms with Gasteiger partial charge in [-0.2, -0.15) is 0 Å². The fourth-order valence-electron chi connectivity index (χ4n) is 4.25. The van der Waals surface area contributed by atoms with E-state index in [1.165, 1.54) is 6.92 Å². The Labute approximate surface area is 249 Å². The van der Waals surface area contributed by atoms with Gasteiger partial charge in [0.1, 0.15) is 18.1 Å². The maximum absolute atomic E-state index is 13.5. The molecule has 0 saturated heterocycles. The van der Waals surface area contributed by atoms with E-state index in [1.807, 2.05) is 60.7 Å². The summed E-state index contributed by atoms with van der Waals surface area (Å²) in [6.45, 7) is 1.38. The van der Waals surface area contributed by atoms with Crippen molar-refractivity contribution < 1.29 is 29.1 Å². The highest BCUT2D eigenvalue weighted by Crippen LogP contribution is 2.13. The number of rotatable bonds is 15. The van der Waals surface area contributed by atoms with Crippen molar-refractivity contribution in [3.63, 3.8) is 0 Å². The van der Waals surface area contributed by atoms with Gasteiger partial charge in [0.2, 0.25) is 17.7 Å². The van der Waals surface area contributed by atoms with Gasteiger partial charge < -0.3 is 20.7 Å². The lowest BCUT2D eigenvalue weighted by molar-refractivity contribution is -0.136. The molecule has 4 amide bonds. The van der Waals surface area contributed by atoms with Gasteiger partial charge in [-0.3, -0.25) is 24.4 Å². The molecule has 0 aliphatic carbocycles. The van der Waals surface area contributed by atoms with Crippen LogP contribution < -0.4 is 21.4 Å². The Balaban J connectivity index is 1.75. The van der Waals surface area contributed by atoms with E-state index in [0.29, 0.717) is 17.0 Å². The summed E-state index contributed by atoms with van der Waals surface area (Å²) in [7, 11) is 0. The minimum absolute atomic E-state index is 0.0416. The van der Waals surface area contributed by atoms with Crippen LogP contribution in [0.15, 0.2) is 84.9 Å². The number of benzene rings is 3. The van der Waals surface area contributed by atoms with Crippen LogP contribution in [0.5, 0.6) is 0 Å². The summed E-state index contributed by atoms with van der Waals surface area (Å²) in [4.78, 5) is 51.2. The zero-order valence-electron chi connectivity index (χ0n) is 23.2. The molecule has 0 unspecified atom stereocenters. The van der Waals surface area contributed by atoms with Gasteiger partial charge in [0.05, 0.1) is 13.2 Å². The molecule has 222 valence electrons. The number of hydrogen-bond acceptors (Lipinski definition) is 6. The number of carbonyl (C=O) groups is 4. The number of nitrogens with one attached hydrogen (secondary N) is 4. The fraction of sp³-hybridized carbons (Fsp3) is 0.290. The van der Waals surface area contributed by atoms with Gasteiger partial charge in [-0.1, -0.05) is 84.4 Å². The molecule has 0 spiro atoms. The van der Waals surface area contributed by atoms with Crippen molar-refractivity contribution in [3.8, 4) is 0 Å². The maximum Gasteiger partial charge on any atom is 0.266 e. The summed E-state index contributed by atoms with van der Waals surface area (Å²) in [6.07, 6.45) is 0.684. The van der Waals surface area contributed by atoms with Crippen LogP contribution in [0.3, 0.4) is 0 Å². The van der Waals surface area contributed by atoms with Gasteiger partial charge in [-0.05, 0) is 41.7 Å². The van der Waals surface area contributed by atoms with Gasteiger partial charge in [0.25, 0.3) is 5.91 Å². The van der Waals surface area contributed by atoms with Gasteiger partial charge in [-0.15, -0.1) is 0 Å². The van der Waals surface area contributed by atoms with Crippen LogP contribution in [0.25, 0.3) is 0 Å². The van der Waals surface area contributed by atoms with Crippen molar-refractivity contribution in [1.82, 2.24) is 21.4 Å². The summed E-state index contributed by atoms with van der Waals surface area (Å²) in [5.41, 5.74) is 4.07. The van der Waals surface area contributed by atoms with Crippen molar-refractivity contribution in [2.75, 3.05) is 6.61 Å². The molecule has 3 atom stereocenters. The molecule has 3 aromatic carbocycles. The highest BCUT2D eigenvalue weighted by molar-refractivity contribution is 6.30. The Hall–Kier alpha value is -4.25. The molecule has 5 N–H and O–H groups in total. The molecule has 3 aromatic rings. The van der Waals surface area contributed by atoms with Crippen LogP contribution in [0.1, 0.15) is 30.0 Å². The van der Waals surface area contributed by atoms with Crippen molar-refractivity contribution in [3.05, 3.63) is 107 Å². The van der Waals surface area contributed by atoms with E-state index in [1.54, 1.807) is 29.7 Å². The first-order valence-electron chi connectivity index (χ1n) is 13.5. The monoisotopic (exact) mass is 594 g/mol. The third kappa shape index (κ3) is 11.0. The number of hydrogen-bond donors (Lipinski definition) is 5. The second-order valence-corrected chi connectivity index (χ2v) is 10.1. The summed E-state index contributed by atoms with van der Waals surface area (Å²) in [5.74, 6) is -2.53. The SMILES string of the molecule is CC(=O)N[C@@H](COCc1ccccc1)C(=O)N[C@H](CCc1ccccc1)C(=O)N[C@H](Cc1cccc(Cl)c1)C(=O)NO. The molecule has 11 heteroatoms. The molecule has 3 rings (SSSR count). The molecule has 0 fully saturated rings. The number of aryl methyl sites for hydroxylation is 1. The number of hydroxylamine groups is 1. The lowest BCUT2D eigenvalue weighted by Crippen LogP contribution is -2.57. The van der Waals surface area contributed by atoms with Gasteiger partial charge >= 0.3 is 0 Å². The molecule has 0 saturated carbocycles. The molecular weight excluding hydrogens is 560 g/mol. The van der Waals surface area contributed by atoms with Crippen LogP contribution in [0.4, 0.5) is 0 Å². The average molecular weight is 595 g/mol. The second kappa shape index (κ2) is 16.9. The molecule has 0 aliphatic rings. The Morgan fingerprint density at radius 1 is 0.738 bits per heavy atom. The smallest absolute Gasteiger partial charge is 0.266 e. The van der Waals surface area contributed by atoms with Gasteiger partial charge in [0, 0.05) is 18.4 Å². The molecule has 0 aliphatic heterocycles. The summed E-state index contributed by atoms with van der Waals surface area (Å²) >= 11 is 6.07. The Bertz CT molecular complexity index is 1330. The van der Waals surface area contributed by atoms with Crippen molar-refractivity contribution >= 4 is 35.2 Å². The summed E-state index contributed by atoms with van der Waals surface area (Å²) in [6, 6.07) is 22.2. The maximum atomic E-state index is 13.5. The average Bonchev–Trinajstić information content (AvgIpc) is 2.98. The largest absolute Gasteiger partial charge is 0.374 e. The zero-order valence-corrected chi connectivity index (χ0v) is 24.0. The van der Waals surface area contributed by atoms with Gasteiger partial charge in [0.15, 0.2) is 0 Å². The van der Waals surface area contributed by atoms with E-state index in [9.17, 15) is 24.4 Å². The van der Waals surface area contributed by atoms with E-state index in [4.69, 9.17) is 16.3 Å². The van der Waals surface area contributed by atoms with Crippen LogP contribution in [0.2, 0.25) is 5.02 Å². The molecule has 0 heterocycles. The third-order valence-electron chi connectivity index (χ3n) is 6.36. The topological polar surface area (TPSA) is 146 Å². The quantitative estimate of drug-likeness (QED) is 0.135. The van der Waals surface area contributed by atoms with Crippen molar-refractivity contribution in [2.45, 2.75) is 50.9 Å². The van der Waals surface area contributed by atoms with E-state index in [2.05, 4.69) is 16.0 Å². The third-order valence-corrected chi connectivity index (χ3v) is 6.59. The minimum atomic E-state index is -1.16. The first kappa shape index (κ1) is 32.3. The lowest BCUT2D eigenvalue weighted by atomic mass is 10.0. The Kier molecular flexibility index (Phi) is 13.0. The van der Waals surface area contributed by atoms with Crippen LogP contribution in [0, 0.1) is 0 Å². The number of halogens is 1. The molecular formula is C31H35ClN4O6. The van der Waals surface area contributed by atoms with Crippen LogP contribution in [-0.2, 0) is 43.4 Å². The molecule has 42 heavy (non-hydrogen) atoms. The molecule has 0 aromatic heterocycles. The van der Waals surface area contributed by atoms with Gasteiger partial charge in [-0.25, -0.2) is 5.48 Å². The standard InChI is InChI=1S/C31H35ClN4O6/c1-21(37)33-28(20-42-19-23-11-6-3-7-12-23)30(39)34-26(16-15-22-9-4-2-5-10-22)29(38)35-27(31(40)36-41)18-24-13-8-14-25(32)17-24/h2-14,17,26-28,41H,15-16,18-20H2,1H3,(H,33,37)(H,34,39)(H,35,38)(H,36,40)/t26-,27-,28+/m1/s1. The number of amides is 4. The summed E-state index contributed by atoms with van der Waals surface area (Å²) in [5, 5.41) is 17.7. The first-order valence-corrected chi connectivity index (χ1v) is 13.8. The predicted molar refractivity (Wildman–Crippen MR) is 157 cm³/mol. The van der Waals surface area contributed by atoms with Crippen molar-refractivity contribution in [1.29, 1.82) is 0 Å². The first-order chi connectivity index (χ1) is 20.2. The Morgan fingerprint density at radius 3 is 1.95 bits per heavy atom. The Morgan fingerprint density at radius 2 is 1.33 bits per heavy atom. The second-order valence-electron chi connectivity index (χ2n) is 9.71.